The Kier molecular flexibility index (Phi) is 6.36. The molecule has 0 bridgehead atoms. The molecule has 0 aliphatic rings. The Balaban J connectivity index is 2.37. The minimum absolute atomic E-state index is 0.0357. The molecule has 0 aromatic heterocycles. The number of urea groups is 1. The van der Waals surface area contributed by atoms with Gasteiger partial charge in [-0.2, -0.15) is 0 Å². The molecule has 1 unspecified atom stereocenters. The van der Waals surface area contributed by atoms with Gasteiger partial charge in [-0.25, -0.2) is 4.79 Å². The van der Waals surface area contributed by atoms with E-state index in [2.05, 4.69) is 10.6 Å². The van der Waals surface area contributed by atoms with Crippen LogP contribution in [0.3, 0.4) is 0 Å². The van der Waals surface area contributed by atoms with Gasteiger partial charge in [0.15, 0.2) is 0 Å². The molecule has 0 spiro atoms. The normalized spacial score (nSPS) is 11.5. The van der Waals surface area contributed by atoms with Gasteiger partial charge in [0, 0.05) is 24.6 Å². The van der Waals surface area contributed by atoms with Crippen LogP contribution < -0.4 is 15.4 Å². The Morgan fingerprint density at radius 3 is 2.70 bits per heavy atom. The number of carbonyl (C=O) groups is 2. The average Bonchev–Trinajstić information content (AvgIpc) is 2.43. The zero-order chi connectivity index (χ0) is 15.0. The Morgan fingerprint density at radius 1 is 1.35 bits per heavy atom. The first kappa shape index (κ1) is 15.8. The Hall–Kier alpha value is -2.24. The Morgan fingerprint density at radius 2 is 2.05 bits per heavy atom. The smallest absolute Gasteiger partial charge is 0.315 e. The van der Waals surface area contributed by atoms with Crippen LogP contribution in [-0.4, -0.2) is 30.3 Å². The highest BCUT2D eigenvalue weighted by Gasteiger charge is 2.09. The van der Waals surface area contributed by atoms with Gasteiger partial charge in [0.2, 0.25) is 0 Å². The number of rotatable bonds is 7. The quantitative estimate of drug-likeness (QED) is 0.710. The van der Waals surface area contributed by atoms with E-state index in [1.165, 1.54) is 0 Å². The van der Waals surface area contributed by atoms with Crippen LogP contribution in [0.2, 0.25) is 0 Å². The number of hydrogen-bond donors (Lipinski definition) is 3. The molecule has 20 heavy (non-hydrogen) atoms. The van der Waals surface area contributed by atoms with Gasteiger partial charge in [0.05, 0.1) is 7.11 Å². The van der Waals surface area contributed by atoms with Crippen molar-refractivity contribution in [1.29, 1.82) is 0 Å². The number of hydrogen-bond acceptors (Lipinski definition) is 3. The zero-order valence-electron chi connectivity index (χ0n) is 11.7. The average molecular weight is 280 g/mol. The van der Waals surface area contributed by atoms with Crippen molar-refractivity contribution in [3.8, 4) is 5.75 Å². The van der Waals surface area contributed by atoms with Crippen LogP contribution in [-0.2, 0) is 11.3 Å². The van der Waals surface area contributed by atoms with Gasteiger partial charge in [0.1, 0.15) is 5.75 Å². The molecule has 0 aliphatic heterocycles. The van der Waals surface area contributed by atoms with E-state index in [-0.39, 0.29) is 18.5 Å². The molecule has 2 amide bonds. The number of para-hydroxylation sites is 1. The minimum atomic E-state index is -0.868. The van der Waals surface area contributed by atoms with Crippen LogP contribution in [0.25, 0.3) is 0 Å². The van der Waals surface area contributed by atoms with E-state index >= 15 is 0 Å². The second-order valence-corrected chi connectivity index (χ2v) is 4.47. The van der Waals surface area contributed by atoms with E-state index in [9.17, 15) is 9.59 Å². The molecule has 3 N–H and O–H groups in total. The summed E-state index contributed by atoms with van der Waals surface area (Å²) in [4.78, 5) is 22.1. The van der Waals surface area contributed by atoms with Crippen molar-refractivity contribution >= 4 is 12.0 Å². The van der Waals surface area contributed by atoms with Crippen molar-refractivity contribution in [2.75, 3.05) is 7.11 Å². The minimum Gasteiger partial charge on any atom is -0.496 e. The number of methoxy groups -OCH3 is 1. The summed E-state index contributed by atoms with van der Waals surface area (Å²) in [5.74, 6) is -0.153. The lowest BCUT2D eigenvalue weighted by atomic mass is 10.2. The fourth-order valence-corrected chi connectivity index (χ4v) is 1.71. The number of carboxylic acids is 1. The molecule has 0 fully saturated rings. The van der Waals surface area contributed by atoms with Crippen LogP contribution in [0.15, 0.2) is 24.3 Å². The molecule has 1 rings (SSSR count). The van der Waals surface area contributed by atoms with Crippen molar-refractivity contribution in [2.24, 2.45) is 0 Å². The highest BCUT2D eigenvalue weighted by atomic mass is 16.5. The molecule has 0 radical (unpaired) electrons. The summed E-state index contributed by atoms with van der Waals surface area (Å²) in [6, 6.07) is 6.90. The predicted molar refractivity (Wildman–Crippen MR) is 74.7 cm³/mol. The first-order valence-electron chi connectivity index (χ1n) is 6.41. The van der Waals surface area contributed by atoms with Crippen LogP contribution in [0.5, 0.6) is 5.75 Å². The second-order valence-electron chi connectivity index (χ2n) is 4.47. The Labute approximate surface area is 118 Å². The molecule has 0 heterocycles. The molecule has 0 saturated carbocycles. The van der Waals surface area contributed by atoms with Crippen LogP contribution in [0, 0.1) is 0 Å². The molecular formula is C14H20N2O4. The van der Waals surface area contributed by atoms with Gasteiger partial charge in [-0.1, -0.05) is 18.2 Å². The van der Waals surface area contributed by atoms with Crippen LogP contribution >= 0.6 is 0 Å². The summed E-state index contributed by atoms with van der Waals surface area (Å²) in [6.45, 7) is 2.12. The topological polar surface area (TPSA) is 87.7 Å². The van der Waals surface area contributed by atoms with Crippen molar-refractivity contribution in [3.63, 3.8) is 0 Å². The first-order chi connectivity index (χ1) is 9.52. The third kappa shape index (κ3) is 5.60. The molecule has 6 heteroatoms. The van der Waals surface area contributed by atoms with Crippen LogP contribution in [0.1, 0.15) is 25.3 Å². The van der Waals surface area contributed by atoms with Gasteiger partial charge in [-0.15, -0.1) is 0 Å². The third-order valence-corrected chi connectivity index (χ3v) is 2.80. The van der Waals surface area contributed by atoms with Gasteiger partial charge in [-0.05, 0) is 19.4 Å². The molecule has 1 atom stereocenters. The number of benzene rings is 1. The van der Waals surface area contributed by atoms with E-state index in [0.717, 1.165) is 5.56 Å². The summed E-state index contributed by atoms with van der Waals surface area (Å²) < 4.78 is 5.19. The maximum Gasteiger partial charge on any atom is 0.315 e. The summed E-state index contributed by atoms with van der Waals surface area (Å²) >= 11 is 0. The molecule has 0 aliphatic carbocycles. The fraction of sp³-hybridized carbons (Fsp3) is 0.429. The maximum atomic E-state index is 11.7. The van der Waals surface area contributed by atoms with E-state index in [4.69, 9.17) is 9.84 Å². The number of carboxylic acid groups (broad SMARTS) is 1. The van der Waals surface area contributed by atoms with Gasteiger partial charge < -0.3 is 20.5 Å². The SMILES string of the molecule is COc1ccccc1CNC(=O)NC(C)CCC(=O)O. The fourth-order valence-electron chi connectivity index (χ4n) is 1.71. The number of aliphatic carboxylic acids is 1. The predicted octanol–water partition coefficient (Wildman–Crippen LogP) is 1.75. The van der Waals surface area contributed by atoms with E-state index in [1.807, 2.05) is 24.3 Å². The van der Waals surface area contributed by atoms with Crippen molar-refractivity contribution in [3.05, 3.63) is 29.8 Å². The van der Waals surface area contributed by atoms with Gasteiger partial charge in [0.25, 0.3) is 0 Å². The summed E-state index contributed by atoms with van der Waals surface area (Å²) in [7, 11) is 1.58. The second kappa shape index (κ2) is 8.04. The molecule has 0 saturated heterocycles. The number of amides is 2. The zero-order valence-corrected chi connectivity index (χ0v) is 11.7. The van der Waals surface area contributed by atoms with Crippen molar-refractivity contribution in [2.45, 2.75) is 32.4 Å². The van der Waals surface area contributed by atoms with Gasteiger partial charge >= 0.3 is 12.0 Å². The third-order valence-electron chi connectivity index (χ3n) is 2.80. The lowest BCUT2D eigenvalue weighted by Crippen LogP contribution is -2.40. The summed E-state index contributed by atoms with van der Waals surface area (Å²) in [5, 5.41) is 14.0. The highest BCUT2D eigenvalue weighted by Crippen LogP contribution is 2.16. The number of nitrogens with one attached hydrogen (secondary N) is 2. The van der Waals surface area contributed by atoms with Crippen LogP contribution in [0.4, 0.5) is 4.79 Å². The molecule has 6 nitrogen and oxygen atoms in total. The monoisotopic (exact) mass is 280 g/mol. The highest BCUT2D eigenvalue weighted by molar-refractivity contribution is 5.74. The number of ether oxygens (including phenoxy) is 1. The first-order valence-corrected chi connectivity index (χ1v) is 6.41. The van der Waals surface area contributed by atoms with E-state index in [0.29, 0.717) is 18.7 Å². The summed E-state index contributed by atoms with van der Waals surface area (Å²) in [5.41, 5.74) is 0.878. The number of carbonyl (C=O) groups excluding carboxylic acids is 1. The molecule has 110 valence electrons. The van der Waals surface area contributed by atoms with Crippen molar-refractivity contribution < 1.29 is 19.4 Å². The Bertz CT molecular complexity index is 462. The van der Waals surface area contributed by atoms with Gasteiger partial charge in [-0.3, -0.25) is 4.79 Å². The maximum absolute atomic E-state index is 11.7. The van der Waals surface area contributed by atoms with Crippen molar-refractivity contribution in [1.82, 2.24) is 10.6 Å². The molecule has 1 aromatic carbocycles. The lowest BCUT2D eigenvalue weighted by molar-refractivity contribution is -0.137. The summed E-state index contributed by atoms with van der Waals surface area (Å²) in [6.07, 6.45) is 0.436. The molecular weight excluding hydrogens is 260 g/mol. The van der Waals surface area contributed by atoms with E-state index < -0.39 is 5.97 Å². The van der Waals surface area contributed by atoms with E-state index in [1.54, 1.807) is 14.0 Å². The standard InChI is InChI=1S/C14H20N2O4/c1-10(7-8-13(17)18)16-14(19)15-9-11-5-3-4-6-12(11)20-2/h3-6,10H,7-9H2,1-2H3,(H,17,18)(H2,15,16,19). The molecule has 1 aromatic rings. The lowest BCUT2D eigenvalue weighted by Gasteiger charge is -2.14. The largest absolute Gasteiger partial charge is 0.496 e.